The van der Waals surface area contributed by atoms with Gasteiger partial charge in [0.05, 0.1) is 8.66 Å². The van der Waals surface area contributed by atoms with E-state index < -0.39 is 0 Å². The number of nitrogens with zero attached hydrogens (tertiary/aromatic N) is 1. The summed E-state index contributed by atoms with van der Waals surface area (Å²) < 4.78 is 0.903. The maximum absolute atomic E-state index is 11.9. The first kappa shape index (κ1) is 13.6. The third-order valence-corrected chi connectivity index (χ3v) is 3.97. The van der Waals surface area contributed by atoms with Gasteiger partial charge >= 0.3 is 0 Å². The van der Waals surface area contributed by atoms with E-state index in [1.165, 1.54) is 11.3 Å². The van der Waals surface area contributed by atoms with Crippen LogP contribution in [0.4, 0.5) is 5.69 Å². The molecule has 0 atom stereocenters. The number of nitrogens with two attached hydrogens (primary N) is 1. The van der Waals surface area contributed by atoms with E-state index in [9.17, 15) is 4.79 Å². The summed E-state index contributed by atoms with van der Waals surface area (Å²) in [5, 5.41) is 14.2. The summed E-state index contributed by atoms with van der Waals surface area (Å²) in [6, 6.07) is 10.3. The summed E-state index contributed by atoms with van der Waals surface area (Å²) in [6.07, 6.45) is 0. The van der Waals surface area contributed by atoms with Crippen molar-refractivity contribution >= 4 is 44.7 Å². The van der Waals surface area contributed by atoms with Crippen LogP contribution in [0.25, 0.3) is 0 Å². The zero-order valence-corrected chi connectivity index (χ0v) is 12.0. The molecule has 4 N–H and O–H groups in total. The zero-order valence-electron chi connectivity index (χ0n) is 9.63. The molecule has 0 aliphatic heterocycles. The Morgan fingerprint density at radius 2 is 1.95 bits per heavy atom. The molecular formula is C12H10BrN3O2S. The Kier molecular flexibility index (Phi) is 4.18. The minimum atomic E-state index is -0.174. The second kappa shape index (κ2) is 5.85. The molecule has 0 saturated carbocycles. The number of amides is 1. The van der Waals surface area contributed by atoms with Gasteiger partial charge in [-0.25, -0.2) is 0 Å². The molecule has 0 fully saturated rings. The fourth-order valence-corrected chi connectivity index (χ4v) is 2.69. The van der Waals surface area contributed by atoms with Crippen molar-refractivity contribution in [3.05, 3.63) is 50.6 Å². The van der Waals surface area contributed by atoms with E-state index in [0.717, 1.165) is 3.79 Å². The van der Waals surface area contributed by atoms with E-state index in [4.69, 9.17) is 10.9 Å². The van der Waals surface area contributed by atoms with Gasteiger partial charge in [0.15, 0.2) is 5.84 Å². The number of thiophene rings is 1. The highest BCUT2D eigenvalue weighted by Crippen LogP contribution is 2.23. The Bertz CT molecular complexity index is 622. The Hall–Kier alpha value is -1.86. The number of hydrogen-bond donors (Lipinski definition) is 3. The summed E-state index contributed by atoms with van der Waals surface area (Å²) in [7, 11) is 0. The molecule has 0 bridgehead atoms. The smallest absolute Gasteiger partial charge is 0.265 e. The fraction of sp³-hybridized carbons (Fsp3) is 0. The van der Waals surface area contributed by atoms with Crippen LogP contribution in [0.1, 0.15) is 15.2 Å². The van der Waals surface area contributed by atoms with Crippen molar-refractivity contribution in [1.82, 2.24) is 0 Å². The van der Waals surface area contributed by atoms with Gasteiger partial charge in [-0.1, -0.05) is 5.16 Å². The lowest BCUT2D eigenvalue weighted by Gasteiger charge is -2.04. The molecule has 19 heavy (non-hydrogen) atoms. The van der Waals surface area contributed by atoms with Gasteiger partial charge < -0.3 is 16.3 Å². The van der Waals surface area contributed by atoms with Crippen molar-refractivity contribution in [2.75, 3.05) is 5.32 Å². The summed E-state index contributed by atoms with van der Waals surface area (Å²) >= 11 is 4.67. The predicted octanol–water partition coefficient (Wildman–Crippen LogP) is 2.86. The Labute approximate surface area is 121 Å². The molecule has 1 aromatic heterocycles. The molecule has 7 heteroatoms. The van der Waals surface area contributed by atoms with Gasteiger partial charge in [-0.05, 0) is 52.3 Å². The number of oxime groups is 1. The average Bonchev–Trinajstić information content (AvgIpc) is 2.85. The molecule has 98 valence electrons. The molecule has 0 aliphatic carbocycles. The molecule has 1 aromatic carbocycles. The van der Waals surface area contributed by atoms with Crippen LogP contribution in [0.2, 0.25) is 0 Å². The van der Waals surface area contributed by atoms with Gasteiger partial charge in [0.2, 0.25) is 0 Å². The van der Waals surface area contributed by atoms with Crippen molar-refractivity contribution in [2.24, 2.45) is 10.9 Å². The van der Waals surface area contributed by atoms with Gasteiger partial charge in [0.25, 0.3) is 5.91 Å². The second-order valence-electron chi connectivity index (χ2n) is 3.62. The maximum Gasteiger partial charge on any atom is 0.265 e. The third-order valence-electron chi connectivity index (χ3n) is 2.34. The predicted molar refractivity (Wildman–Crippen MR) is 78.9 cm³/mol. The molecule has 0 radical (unpaired) electrons. The van der Waals surface area contributed by atoms with Crippen LogP contribution in [-0.2, 0) is 0 Å². The molecule has 1 heterocycles. The van der Waals surface area contributed by atoms with E-state index in [2.05, 4.69) is 26.4 Å². The average molecular weight is 340 g/mol. The fourth-order valence-electron chi connectivity index (χ4n) is 1.41. The number of amidine groups is 1. The number of rotatable bonds is 3. The number of halogens is 1. The molecule has 0 spiro atoms. The summed E-state index contributed by atoms with van der Waals surface area (Å²) in [5.41, 5.74) is 6.67. The minimum Gasteiger partial charge on any atom is -0.409 e. The van der Waals surface area contributed by atoms with Gasteiger partial charge in [0.1, 0.15) is 0 Å². The SMILES string of the molecule is N/C(=N/O)c1ccc(NC(=O)c2ccc(Br)s2)cc1. The summed E-state index contributed by atoms with van der Waals surface area (Å²) in [4.78, 5) is 12.5. The van der Waals surface area contributed by atoms with Gasteiger partial charge in [0, 0.05) is 11.3 Å². The number of hydrogen-bond acceptors (Lipinski definition) is 4. The lowest BCUT2D eigenvalue weighted by molar-refractivity contribution is 0.103. The van der Waals surface area contributed by atoms with Crippen molar-refractivity contribution in [1.29, 1.82) is 0 Å². The maximum atomic E-state index is 11.9. The van der Waals surface area contributed by atoms with Crippen LogP contribution < -0.4 is 11.1 Å². The van der Waals surface area contributed by atoms with Crippen LogP contribution in [0.15, 0.2) is 45.3 Å². The van der Waals surface area contributed by atoms with Crippen molar-refractivity contribution in [3.8, 4) is 0 Å². The van der Waals surface area contributed by atoms with E-state index in [1.54, 1.807) is 30.3 Å². The molecule has 0 unspecified atom stereocenters. The molecule has 1 amide bonds. The first-order chi connectivity index (χ1) is 9.10. The van der Waals surface area contributed by atoms with Crippen LogP contribution >= 0.6 is 27.3 Å². The molecule has 5 nitrogen and oxygen atoms in total. The molecular weight excluding hydrogens is 330 g/mol. The molecule has 2 aromatic rings. The quantitative estimate of drug-likeness (QED) is 0.347. The third kappa shape index (κ3) is 3.33. The van der Waals surface area contributed by atoms with E-state index in [0.29, 0.717) is 16.1 Å². The highest BCUT2D eigenvalue weighted by Gasteiger charge is 2.09. The molecule has 0 saturated heterocycles. The topological polar surface area (TPSA) is 87.7 Å². The van der Waals surface area contributed by atoms with Crippen LogP contribution in [-0.4, -0.2) is 17.0 Å². The normalized spacial score (nSPS) is 11.3. The standard InChI is InChI=1S/C12H10BrN3O2S/c13-10-6-5-9(19-10)12(17)15-8-3-1-7(2-4-8)11(14)16-18/h1-6,18H,(H2,14,16)(H,15,17). The van der Waals surface area contributed by atoms with Crippen LogP contribution in [0.3, 0.4) is 0 Å². The highest BCUT2D eigenvalue weighted by atomic mass is 79.9. The minimum absolute atomic E-state index is 0.0278. The van der Waals surface area contributed by atoms with Crippen molar-refractivity contribution < 1.29 is 10.0 Å². The Morgan fingerprint density at radius 3 is 2.47 bits per heavy atom. The lowest BCUT2D eigenvalue weighted by atomic mass is 10.2. The first-order valence-corrected chi connectivity index (χ1v) is 6.86. The number of carbonyl (C=O) groups is 1. The lowest BCUT2D eigenvalue weighted by Crippen LogP contribution is -2.13. The number of nitrogens with one attached hydrogen (secondary N) is 1. The van der Waals surface area contributed by atoms with E-state index in [-0.39, 0.29) is 11.7 Å². The van der Waals surface area contributed by atoms with Gasteiger partial charge in [-0.15, -0.1) is 11.3 Å². The molecule has 0 aliphatic rings. The van der Waals surface area contributed by atoms with Crippen LogP contribution in [0.5, 0.6) is 0 Å². The Morgan fingerprint density at radius 1 is 1.26 bits per heavy atom. The van der Waals surface area contributed by atoms with Crippen molar-refractivity contribution in [2.45, 2.75) is 0 Å². The largest absolute Gasteiger partial charge is 0.409 e. The monoisotopic (exact) mass is 339 g/mol. The number of benzene rings is 1. The number of anilines is 1. The second-order valence-corrected chi connectivity index (χ2v) is 6.08. The van der Waals surface area contributed by atoms with E-state index >= 15 is 0 Å². The highest BCUT2D eigenvalue weighted by molar-refractivity contribution is 9.11. The van der Waals surface area contributed by atoms with E-state index in [1.807, 2.05) is 6.07 Å². The summed E-state index contributed by atoms with van der Waals surface area (Å²) in [5.74, 6) is -0.146. The first-order valence-electron chi connectivity index (χ1n) is 5.25. The Balaban J connectivity index is 2.10. The number of carbonyl (C=O) groups excluding carboxylic acids is 1. The van der Waals surface area contributed by atoms with Gasteiger partial charge in [-0.3, -0.25) is 4.79 Å². The molecule has 2 rings (SSSR count). The zero-order chi connectivity index (χ0) is 13.8. The summed E-state index contributed by atoms with van der Waals surface area (Å²) in [6.45, 7) is 0. The van der Waals surface area contributed by atoms with Gasteiger partial charge in [-0.2, -0.15) is 0 Å². The van der Waals surface area contributed by atoms with Crippen molar-refractivity contribution in [3.63, 3.8) is 0 Å². The van der Waals surface area contributed by atoms with Crippen LogP contribution in [0, 0.1) is 0 Å².